The predicted molar refractivity (Wildman–Crippen MR) is 61.0 cm³/mol. The van der Waals surface area contributed by atoms with E-state index in [1.54, 1.807) is 0 Å². The van der Waals surface area contributed by atoms with Gasteiger partial charge >= 0.3 is 0 Å². The van der Waals surface area contributed by atoms with Gasteiger partial charge in [0.1, 0.15) is 0 Å². The number of rotatable bonds is 2. The summed E-state index contributed by atoms with van der Waals surface area (Å²) in [6.07, 6.45) is 0.442. The Labute approximate surface area is 90.8 Å². The van der Waals surface area contributed by atoms with Crippen molar-refractivity contribution in [2.75, 3.05) is 57.9 Å². The molecule has 2 aliphatic heterocycles. The number of hydrogen-bond donors (Lipinski definition) is 0. The Morgan fingerprint density at radius 2 is 2.07 bits per heavy atom. The van der Waals surface area contributed by atoms with E-state index < -0.39 is 0 Å². The monoisotopic (exact) mass is 216 g/mol. The quantitative estimate of drug-likeness (QED) is 0.662. The molecular formula is C10H20N2OS. The van der Waals surface area contributed by atoms with Crippen LogP contribution < -0.4 is 0 Å². The maximum absolute atomic E-state index is 5.76. The van der Waals surface area contributed by atoms with Gasteiger partial charge in [-0.05, 0) is 7.05 Å². The first kappa shape index (κ1) is 10.7. The molecule has 0 N–H and O–H groups in total. The summed E-state index contributed by atoms with van der Waals surface area (Å²) < 4.78 is 5.76. The third-order valence-corrected chi connectivity index (χ3v) is 3.85. The number of nitrogens with zero attached hydrogens (tertiary/aromatic N) is 2. The Bertz CT molecular complexity index is 174. The first-order valence-corrected chi connectivity index (χ1v) is 6.60. The van der Waals surface area contributed by atoms with Gasteiger partial charge in [0.2, 0.25) is 0 Å². The topological polar surface area (TPSA) is 15.7 Å². The van der Waals surface area contributed by atoms with E-state index in [4.69, 9.17) is 4.74 Å². The predicted octanol–water partition coefficient (Wildman–Crippen LogP) is 0.366. The lowest BCUT2D eigenvalue weighted by Gasteiger charge is -2.35. The number of likely N-dealkylation sites (N-methyl/N-ethyl adjacent to an activating group) is 1. The van der Waals surface area contributed by atoms with Crippen LogP contribution in [0.5, 0.6) is 0 Å². The Morgan fingerprint density at radius 3 is 2.79 bits per heavy atom. The van der Waals surface area contributed by atoms with Crippen LogP contribution in [0, 0.1) is 0 Å². The van der Waals surface area contributed by atoms with Gasteiger partial charge in [0.25, 0.3) is 0 Å². The second-order valence-corrected chi connectivity index (χ2v) is 5.39. The minimum Gasteiger partial charge on any atom is -0.374 e. The van der Waals surface area contributed by atoms with Crippen molar-refractivity contribution < 1.29 is 4.74 Å². The van der Waals surface area contributed by atoms with Crippen LogP contribution in [0.15, 0.2) is 0 Å². The zero-order valence-electron chi connectivity index (χ0n) is 8.95. The molecule has 0 radical (unpaired) electrons. The molecule has 4 heteroatoms. The van der Waals surface area contributed by atoms with Crippen LogP contribution in [0.2, 0.25) is 0 Å². The van der Waals surface area contributed by atoms with Crippen molar-refractivity contribution >= 4 is 11.8 Å². The maximum Gasteiger partial charge on any atom is 0.0829 e. The van der Waals surface area contributed by atoms with Gasteiger partial charge in [0, 0.05) is 44.2 Å². The highest BCUT2D eigenvalue weighted by atomic mass is 32.2. The van der Waals surface area contributed by atoms with Crippen LogP contribution >= 0.6 is 11.8 Å². The highest BCUT2D eigenvalue weighted by Gasteiger charge is 2.21. The fraction of sp³-hybridized carbons (Fsp3) is 1.00. The summed E-state index contributed by atoms with van der Waals surface area (Å²) in [7, 11) is 2.18. The number of morpholine rings is 1. The lowest BCUT2D eigenvalue weighted by atomic mass is 10.2. The van der Waals surface area contributed by atoms with Crippen LogP contribution in [-0.2, 0) is 4.74 Å². The standard InChI is InChI=1S/C10H20N2OS/c1-11-2-5-13-10(8-11)9-12-3-6-14-7-4-12/h10H,2-9H2,1H3. The molecule has 0 bridgehead atoms. The van der Waals surface area contributed by atoms with Crippen molar-refractivity contribution in [3.05, 3.63) is 0 Å². The van der Waals surface area contributed by atoms with Crippen molar-refractivity contribution in [2.24, 2.45) is 0 Å². The molecule has 0 aromatic carbocycles. The van der Waals surface area contributed by atoms with Gasteiger partial charge in [-0.25, -0.2) is 0 Å². The summed E-state index contributed by atoms with van der Waals surface area (Å²) in [5, 5.41) is 0. The highest BCUT2D eigenvalue weighted by Crippen LogP contribution is 2.11. The Kier molecular flexibility index (Phi) is 4.10. The van der Waals surface area contributed by atoms with Crippen LogP contribution in [0.1, 0.15) is 0 Å². The molecule has 2 heterocycles. The van der Waals surface area contributed by atoms with E-state index in [2.05, 4.69) is 28.6 Å². The summed E-state index contributed by atoms with van der Waals surface area (Å²) in [6.45, 7) is 6.72. The Hall–Kier alpha value is 0.230. The van der Waals surface area contributed by atoms with Gasteiger partial charge in [-0.15, -0.1) is 0 Å². The summed E-state index contributed by atoms with van der Waals surface area (Å²) >= 11 is 2.07. The van der Waals surface area contributed by atoms with E-state index in [9.17, 15) is 0 Å². The molecule has 14 heavy (non-hydrogen) atoms. The summed E-state index contributed by atoms with van der Waals surface area (Å²) in [5.74, 6) is 2.59. The van der Waals surface area contributed by atoms with Crippen molar-refractivity contribution in [3.8, 4) is 0 Å². The number of ether oxygens (including phenoxy) is 1. The molecular weight excluding hydrogens is 196 g/mol. The molecule has 3 nitrogen and oxygen atoms in total. The minimum atomic E-state index is 0.442. The lowest BCUT2D eigenvalue weighted by Crippen LogP contribution is -2.47. The molecule has 0 spiro atoms. The third kappa shape index (κ3) is 3.12. The molecule has 0 aromatic rings. The highest BCUT2D eigenvalue weighted by molar-refractivity contribution is 7.99. The average Bonchev–Trinajstić information content (AvgIpc) is 2.19. The van der Waals surface area contributed by atoms with Gasteiger partial charge in [-0.3, -0.25) is 4.90 Å². The second kappa shape index (κ2) is 5.35. The molecule has 0 aliphatic carbocycles. The van der Waals surface area contributed by atoms with E-state index in [0.717, 1.165) is 26.2 Å². The smallest absolute Gasteiger partial charge is 0.0829 e. The summed E-state index contributed by atoms with van der Waals surface area (Å²) in [6, 6.07) is 0. The zero-order chi connectivity index (χ0) is 9.80. The number of thioether (sulfide) groups is 1. The summed E-state index contributed by atoms with van der Waals surface area (Å²) in [4.78, 5) is 4.91. The van der Waals surface area contributed by atoms with E-state index in [1.165, 1.54) is 24.6 Å². The van der Waals surface area contributed by atoms with Crippen molar-refractivity contribution in [1.82, 2.24) is 9.80 Å². The van der Waals surface area contributed by atoms with E-state index in [0.29, 0.717) is 6.10 Å². The average molecular weight is 216 g/mol. The van der Waals surface area contributed by atoms with Crippen LogP contribution in [-0.4, -0.2) is 73.8 Å². The fourth-order valence-electron chi connectivity index (χ4n) is 2.05. The first-order valence-electron chi connectivity index (χ1n) is 5.45. The Morgan fingerprint density at radius 1 is 1.29 bits per heavy atom. The third-order valence-electron chi connectivity index (χ3n) is 2.91. The fourth-order valence-corrected chi connectivity index (χ4v) is 3.03. The minimum absolute atomic E-state index is 0.442. The van der Waals surface area contributed by atoms with Gasteiger partial charge < -0.3 is 9.64 Å². The van der Waals surface area contributed by atoms with Gasteiger partial charge in [-0.2, -0.15) is 11.8 Å². The van der Waals surface area contributed by atoms with Gasteiger partial charge in [0.15, 0.2) is 0 Å². The van der Waals surface area contributed by atoms with Crippen molar-refractivity contribution in [3.63, 3.8) is 0 Å². The molecule has 2 aliphatic rings. The normalized spacial score (nSPS) is 31.9. The van der Waals surface area contributed by atoms with Crippen LogP contribution in [0.3, 0.4) is 0 Å². The molecule has 2 saturated heterocycles. The molecule has 2 fully saturated rings. The molecule has 82 valence electrons. The van der Waals surface area contributed by atoms with Crippen LogP contribution in [0.25, 0.3) is 0 Å². The Balaban J connectivity index is 1.72. The van der Waals surface area contributed by atoms with E-state index in [1.807, 2.05) is 0 Å². The lowest BCUT2D eigenvalue weighted by molar-refractivity contribution is -0.0344. The molecule has 1 atom stereocenters. The largest absolute Gasteiger partial charge is 0.374 e. The van der Waals surface area contributed by atoms with Crippen molar-refractivity contribution in [1.29, 1.82) is 0 Å². The van der Waals surface area contributed by atoms with Gasteiger partial charge in [-0.1, -0.05) is 0 Å². The molecule has 0 saturated carbocycles. The van der Waals surface area contributed by atoms with Crippen molar-refractivity contribution in [2.45, 2.75) is 6.10 Å². The summed E-state index contributed by atoms with van der Waals surface area (Å²) in [5.41, 5.74) is 0. The zero-order valence-corrected chi connectivity index (χ0v) is 9.76. The van der Waals surface area contributed by atoms with Gasteiger partial charge in [0.05, 0.1) is 12.7 Å². The maximum atomic E-state index is 5.76. The molecule has 2 rings (SSSR count). The molecule has 1 unspecified atom stereocenters. The second-order valence-electron chi connectivity index (χ2n) is 4.17. The van der Waals surface area contributed by atoms with E-state index in [-0.39, 0.29) is 0 Å². The number of hydrogen-bond acceptors (Lipinski definition) is 4. The van der Waals surface area contributed by atoms with E-state index >= 15 is 0 Å². The SMILES string of the molecule is CN1CCOC(CN2CCSCC2)C1. The molecule has 0 aromatic heterocycles. The first-order chi connectivity index (χ1) is 6.84. The molecule has 0 amide bonds. The van der Waals surface area contributed by atoms with Crippen LogP contribution in [0.4, 0.5) is 0 Å².